The number of aryl methyl sites for hydroxylation is 1. The second-order valence-corrected chi connectivity index (χ2v) is 5.74. The van der Waals surface area contributed by atoms with Gasteiger partial charge in [-0.05, 0) is 52.1 Å². The zero-order valence-electron chi connectivity index (χ0n) is 11.3. The third-order valence-corrected chi connectivity index (χ3v) is 3.97. The topological polar surface area (TPSA) is 29.0 Å². The molecule has 100 valence electrons. The van der Waals surface area contributed by atoms with Gasteiger partial charge < -0.3 is 0 Å². The largest absolute Gasteiger partial charge is 0.298 e. The summed E-state index contributed by atoms with van der Waals surface area (Å²) in [5, 5.41) is 0.546. The third kappa shape index (κ3) is 3.66. The van der Waals surface area contributed by atoms with E-state index in [-0.39, 0.29) is 0 Å². The number of piperidine rings is 1. The Morgan fingerprint density at radius 1 is 1.39 bits per heavy atom. The average Bonchev–Trinajstić information content (AvgIpc) is 2.37. The number of hydrogen-bond acceptors (Lipinski definition) is 3. The number of likely N-dealkylation sites (tertiary alicyclic amines) is 1. The summed E-state index contributed by atoms with van der Waals surface area (Å²) in [5.41, 5.74) is 1.06. The zero-order valence-corrected chi connectivity index (χ0v) is 12.0. The molecule has 0 saturated carbocycles. The SMILES string of the molecule is CC(C)N1CCCC[C@H]1CCc1cc(Cl)ncn1. The minimum Gasteiger partial charge on any atom is -0.298 e. The highest BCUT2D eigenvalue weighted by Gasteiger charge is 2.24. The number of halogens is 1. The lowest BCUT2D eigenvalue weighted by molar-refractivity contribution is 0.105. The molecule has 3 nitrogen and oxygen atoms in total. The monoisotopic (exact) mass is 267 g/mol. The smallest absolute Gasteiger partial charge is 0.132 e. The van der Waals surface area contributed by atoms with Crippen molar-refractivity contribution >= 4 is 11.6 Å². The zero-order chi connectivity index (χ0) is 13.0. The minimum atomic E-state index is 0.546. The maximum absolute atomic E-state index is 5.88. The molecular weight excluding hydrogens is 246 g/mol. The van der Waals surface area contributed by atoms with Crippen LogP contribution in [-0.4, -0.2) is 33.5 Å². The van der Waals surface area contributed by atoms with Crippen molar-refractivity contribution in [3.05, 3.63) is 23.2 Å². The van der Waals surface area contributed by atoms with E-state index in [1.54, 1.807) is 6.33 Å². The summed E-state index contributed by atoms with van der Waals surface area (Å²) in [6, 6.07) is 3.22. The predicted molar refractivity (Wildman–Crippen MR) is 74.8 cm³/mol. The van der Waals surface area contributed by atoms with E-state index in [1.165, 1.54) is 32.2 Å². The molecule has 0 radical (unpaired) electrons. The molecule has 1 saturated heterocycles. The van der Waals surface area contributed by atoms with Gasteiger partial charge in [-0.15, -0.1) is 0 Å². The Hall–Kier alpha value is -0.670. The summed E-state index contributed by atoms with van der Waals surface area (Å²) in [4.78, 5) is 10.8. The lowest BCUT2D eigenvalue weighted by atomic mass is 9.96. The molecule has 1 fully saturated rings. The summed E-state index contributed by atoms with van der Waals surface area (Å²) < 4.78 is 0. The van der Waals surface area contributed by atoms with Crippen molar-refractivity contribution in [3.63, 3.8) is 0 Å². The molecule has 0 N–H and O–H groups in total. The molecule has 2 heterocycles. The van der Waals surface area contributed by atoms with Crippen LogP contribution in [0.25, 0.3) is 0 Å². The van der Waals surface area contributed by atoms with Crippen LogP contribution in [0.4, 0.5) is 0 Å². The van der Waals surface area contributed by atoms with Gasteiger partial charge in [0.15, 0.2) is 0 Å². The Labute approximate surface area is 115 Å². The molecule has 4 heteroatoms. The molecule has 0 aromatic carbocycles. The second-order valence-electron chi connectivity index (χ2n) is 5.35. The summed E-state index contributed by atoms with van der Waals surface area (Å²) in [6.07, 6.45) is 7.74. The van der Waals surface area contributed by atoms with Crippen molar-refractivity contribution < 1.29 is 0 Å². The Kier molecular flexibility index (Phi) is 4.95. The van der Waals surface area contributed by atoms with Crippen molar-refractivity contribution in [1.82, 2.24) is 14.9 Å². The Morgan fingerprint density at radius 2 is 2.22 bits per heavy atom. The maximum Gasteiger partial charge on any atom is 0.132 e. The van der Waals surface area contributed by atoms with Gasteiger partial charge in [-0.3, -0.25) is 4.90 Å². The van der Waals surface area contributed by atoms with E-state index in [0.29, 0.717) is 17.2 Å². The van der Waals surface area contributed by atoms with Crippen molar-refractivity contribution in [1.29, 1.82) is 0 Å². The van der Waals surface area contributed by atoms with E-state index < -0.39 is 0 Å². The maximum atomic E-state index is 5.88. The van der Waals surface area contributed by atoms with E-state index in [9.17, 15) is 0 Å². The van der Waals surface area contributed by atoms with Crippen molar-refractivity contribution in [2.75, 3.05) is 6.54 Å². The van der Waals surface area contributed by atoms with Gasteiger partial charge >= 0.3 is 0 Å². The number of hydrogen-bond donors (Lipinski definition) is 0. The van der Waals surface area contributed by atoms with Gasteiger partial charge in [0.05, 0.1) is 0 Å². The average molecular weight is 268 g/mol. The number of aromatic nitrogens is 2. The van der Waals surface area contributed by atoms with Gasteiger partial charge in [0, 0.05) is 17.8 Å². The molecule has 0 spiro atoms. The molecule has 1 aromatic heterocycles. The predicted octanol–water partition coefficient (Wildman–Crippen LogP) is 3.33. The molecule has 1 atom stereocenters. The quantitative estimate of drug-likeness (QED) is 0.784. The fraction of sp³-hybridized carbons (Fsp3) is 0.714. The molecule has 0 bridgehead atoms. The van der Waals surface area contributed by atoms with Gasteiger partial charge in [-0.1, -0.05) is 18.0 Å². The van der Waals surface area contributed by atoms with Gasteiger partial charge in [0.2, 0.25) is 0 Å². The fourth-order valence-electron chi connectivity index (χ4n) is 2.83. The van der Waals surface area contributed by atoms with E-state index in [1.807, 2.05) is 6.07 Å². The van der Waals surface area contributed by atoms with E-state index in [0.717, 1.165) is 12.1 Å². The van der Waals surface area contributed by atoms with Crippen LogP contribution >= 0.6 is 11.6 Å². The molecular formula is C14H22ClN3. The first-order chi connectivity index (χ1) is 8.66. The molecule has 1 aliphatic rings. The lowest BCUT2D eigenvalue weighted by Crippen LogP contribution is -2.44. The molecule has 2 rings (SSSR count). The molecule has 0 amide bonds. The number of rotatable bonds is 4. The Balaban J connectivity index is 1.91. The Bertz CT molecular complexity index is 381. The summed E-state index contributed by atoms with van der Waals surface area (Å²) in [5.74, 6) is 0. The highest BCUT2D eigenvalue weighted by Crippen LogP contribution is 2.23. The molecule has 0 unspecified atom stereocenters. The van der Waals surface area contributed by atoms with Crippen molar-refractivity contribution in [2.24, 2.45) is 0 Å². The normalized spacial score (nSPS) is 21.4. The van der Waals surface area contributed by atoms with Crippen LogP contribution in [0, 0.1) is 0 Å². The van der Waals surface area contributed by atoms with Crippen LogP contribution in [0.2, 0.25) is 5.15 Å². The number of nitrogens with zero attached hydrogens (tertiary/aromatic N) is 3. The second kappa shape index (κ2) is 6.48. The van der Waals surface area contributed by atoms with Crippen LogP contribution in [0.1, 0.15) is 45.2 Å². The summed E-state index contributed by atoms with van der Waals surface area (Å²) in [7, 11) is 0. The molecule has 1 aromatic rings. The molecule has 0 aliphatic carbocycles. The lowest BCUT2D eigenvalue weighted by Gasteiger charge is -2.38. The Morgan fingerprint density at radius 3 is 2.94 bits per heavy atom. The van der Waals surface area contributed by atoms with Gasteiger partial charge in [0.1, 0.15) is 11.5 Å². The summed E-state index contributed by atoms with van der Waals surface area (Å²) >= 11 is 5.88. The van der Waals surface area contributed by atoms with Gasteiger partial charge in [-0.2, -0.15) is 0 Å². The van der Waals surface area contributed by atoms with Gasteiger partial charge in [0.25, 0.3) is 0 Å². The van der Waals surface area contributed by atoms with Crippen LogP contribution in [0.15, 0.2) is 12.4 Å². The van der Waals surface area contributed by atoms with Crippen LogP contribution < -0.4 is 0 Å². The van der Waals surface area contributed by atoms with Crippen LogP contribution in [0.5, 0.6) is 0 Å². The van der Waals surface area contributed by atoms with Crippen molar-refractivity contribution in [3.8, 4) is 0 Å². The van der Waals surface area contributed by atoms with E-state index in [4.69, 9.17) is 11.6 Å². The summed E-state index contributed by atoms with van der Waals surface area (Å²) in [6.45, 7) is 5.83. The first-order valence-corrected chi connectivity index (χ1v) is 7.27. The highest BCUT2D eigenvalue weighted by molar-refractivity contribution is 6.29. The van der Waals surface area contributed by atoms with Crippen LogP contribution in [0.3, 0.4) is 0 Å². The fourth-order valence-corrected chi connectivity index (χ4v) is 3.00. The van der Waals surface area contributed by atoms with E-state index >= 15 is 0 Å². The highest BCUT2D eigenvalue weighted by atomic mass is 35.5. The first kappa shape index (κ1) is 13.8. The molecule has 1 aliphatic heterocycles. The minimum absolute atomic E-state index is 0.546. The molecule has 18 heavy (non-hydrogen) atoms. The van der Waals surface area contributed by atoms with E-state index in [2.05, 4.69) is 28.7 Å². The first-order valence-electron chi connectivity index (χ1n) is 6.89. The van der Waals surface area contributed by atoms with Crippen molar-refractivity contribution in [2.45, 2.75) is 58.0 Å². The standard InChI is InChI=1S/C14H22ClN3/c1-11(2)18-8-4-3-5-13(18)7-6-12-9-14(15)17-10-16-12/h9-11,13H,3-8H2,1-2H3/t13-/m0/s1. The third-order valence-electron chi connectivity index (χ3n) is 3.76. The van der Waals surface area contributed by atoms with Crippen LogP contribution in [-0.2, 0) is 6.42 Å². The van der Waals surface area contributed by atoms with Gasteiger partial charge in [-0.25, -0.2) is 9.97 Å².